The van der Waals surface area contributed by atoms with Gasteiger partial charge in [0.05, 0.1) is 22.0 Å². The average molecular weight is 244 g/mol. The molecule has 0 fully saturated rings. The maximum Gasteiger partial charge on any atom is 0.337 e. The molecular formula is C9H6ClNO3S. The molecule has 0 saturated heterocycles. The van der Waals surface area contributed by atoms with Crippen molar-refractivity contribution in [2.24, 2.45) is 0 Å². The summed E-state index contributed by atoms with van der Waals surface area (Å²) in [7, 11) is 0. The van der Waals surface area contributed by atoms with Crippen LogP contribution in [0.5, 0.6) is 0 Å². The van der Waals surface area contributed by atoms with Crippen LogP contribution in [-0.4, -0.2) is 22.7 Å². The van der Waals surface area contributed by atoms with Gasteiger partial charge >= 0.3 is 5.97 Å². The number of thioether (sulfide) groups is 1. The first kappa shape index (κ1) is 10.3. The maximum atomic E-state index is 11.1. The van der Waals surface area contributed by atoms with E-state index in [4.69, 9.17) is 16.7 Å². The van der Waals surface area contributed by atoms with Gasteiger partial charge in [-0.15, -0.1) is 11.8 Å². The first-order chi connectivity index (χ1) is 7.09. The minimum absolute atomic E-state index is 0.00165. The summed E-state index contributed by atoms with van der Waals surface area (Å²) >= 11 is 7.22. The smallest absolute Gasteiger partial charge is 0.337 e. The van der Waals surface area contributed by atoms with Crippen LogP contribution in [0.25, 0.3) is 0 Å². The zero-order valence-electron chi connectivity index (χ0n) is 7.41. The van der Waals surface area contributed by atoms with Crippen molar-refractivity contribution in [3.05, 3.63) is 22.7 Å². The van der Waals surface area contributed by atoms with E-state index in [0.29, 0.717) is 11.4 Å². The number of hydrogen-bond acceptors (Lipinski definition) is 3. The number of hydrogen-bond donors (Lipinski definition) is 2. The maximum absolute atomic E-state index is 11.1. The summed E-state index contributed by atoms with van der Waals surface area (Å²) in [5.74, 6) is -0.944. The first-order valence-electron chi connectivity index (χ1n) is 4.08. The third kappa shape index (κ3) is 1.80. The predicted octanol–water partition coefficient (Wildman–Crippen LogP) is 2.08. The zero-order chi connectivity index (χ0) is 11.0. The second-order valence-electron chi connectivity index (χ2n) is 2.94. The summed E-state index contributed by atoms with van der Waals surface area (Å²) in [5, 5.41) is 11.5. The van der Waals surface area contributed by atoms with Crippen LogP contribution in [0, 0.1) is 0 Å². The number of aromatic carboxylic acids is 1. The number of benzene rings is 1. The number of amides is 1. The SMILES string of the molecule is O=C1CSc2ccc(C(=O)O)c(Cl)c2N1. The van der Waals surface area contributed by atoms with Crippen molar-refractivity contribution in [2.45, 2.75) is 4.90 Å². The molecular weight excluding hydrogens is 238 g/mol. The summed E-state index contributed by atoms with van der Waals surface area (Å²) < 4.78 is 0. The lowest BCUT2D eigenvalue weighted by molar-refractivity contribution is -0.113. The van der Waals surface area contributed by atoms with Crippen LogP contribution in [0.15, 0.2) is 17.0 Å². The number of carbonyl (C=O) groups is 2. The fourth-order valence-corrected chi connectivity index (χ4v) is 2.45. The molecule has 2 N–H and O–H groups in total. The molecule has 0 unspecified atom stereocenters. The molecule has 4 nitrogen and oxygen atoms in total. The molecule has 0 aliphatic carbocycles. The van der Waals surface area contributed by atoms with Crippen LogP contribution in [0.4, 0.5) is 5.69 Å². The van der Waals surface area contributed by atoms with Crippen molar-refractivity contribution in [1.82, 2.24) is 0 Å². The molecule has 15 heavy (non-hydrogen) atoms. The van der Waals surface area contributed by atoms with E-state index in [0.717, 1.165) is 4.90 Å². The van der Waals surface area contributed by atoms with Gasteiger partial charge in [-0.3, -0.25) is 4.79 Å². The molecule has 0 radical (unpaired) electrons. The fourth-order valence-electron chi connectivity index (χ4n) is 1.28. The van der Waals surface area contributed by atoms with Crippen LogP contribution in [-0.2, 0) is 4.79 Å². The lowest BCUT2D eigenvalue weighted by atomic mass is 10.2. The molecule has 1 aromatic rings. The van der Waals surface area contributed by atoms with Crippen molar-refractivity contribution < 1.29 is 14.7 Å². The second-order valence-corrected chi connectivity index (χ2v) is 4.34. The Labute approximate surface area is 94.6 Å². The molecule has 0 bridgehead atoms. The van der Waals surface area contributed by atoms with E-state index in [-0.39, 0.29) is 16.5 Å². The molecule has 1 heterocycles. The van der Waals surface area contributed by atoms with Crippen molar-refractivity contribution >= 4 is 40.9 Å². The van der Waals surface area contributed by atoms with Crippen LogP contribution in [0.3, 0.4) is 0 Å². The molecule has 78 valence electrons. The molecule has 2 rings (SSSR count). The Hall–Kier alpha value is -1.20. The largest absolute Gasteiger partial charge is 0.478 e. The van der Waals surface area contributed by atoms with Gasteiger partial charge in [-0.25, -0.2) is 4.79 Å². The zero-order valence-corrected chi connectivity index (χ0v) is 8.98. The van der Waals surface area contributed by atoms with E-state index in [9.17, 15) is 9.59 Å². The molecule has 1 aliphatic heterocycles. The van der Waals surface area contributed by atoms with Gasteiger partial charge in [0.25, 0.3) is 0 Å². The average Bonchev–Trinajstić information content (AvgIpc) is 2.19. The quantitative estimate of drug-likeness (QED) is 0.793. The Morgan fingerprint density at radius 2 is 2.27 bits per heavy atom. The first-order valence-corrected chi connectivity index (χ1v) is 5.44. The van der Waals surface area contributed by atoms with Crippen molar-refractivity contribution in [3.8, 4) is 0 Å². The number of nitrogens with one attached hydrogen (secondary N) is 1. The van der Waals surface area contributed by atoms with E-state index in [1.165, 1.54) is 17.8 Å². The summed E-state index contributed by atoms with van der Waals surface area (Å²) in [4.78, 5) is 22.7. The number of halogens is 1. The van der Waals surface area contributed by atoms with Gasteiger partial charge in [0.2, 0.25) is 5.91 Å². The van der Waals surface area contributed by atoms with Crippen molar-refractivity contribution in [1.29, 1.82) is 0 Å². The standard InChI is InChI=1S/C9H6ClNO3S/c10-7-4(9(13)14)1-2-5-8(7)11-6(12)3-15-5/h1-2H,3H2,(H,11,12)(H,13,14). The molecule has 1 aliphatic rings. The number of carboxylic acids is 1. The third-order valence-corrected chi connectivity index (χ3v) is 3.41. The molecule has 0 atom stereocenters. The normalized spacial score (nSPS) is 14.3. The number of anilines is 1. The van der Waals surface area contributed by atoms with E-state index in [1.54, 1.807) is 6.07 Å². The monoisotopic (exact) mass is 243 g/mol. The Bertz CT molecular complexity index is 461. The topological polar surface area (TPSA) is 66.4 Å². The predicted molar refractivity (Wildman–Crippen MR) is 57.8 cm³/mol. The lowest BCUT2D eigenvalue weighted by Crippen LogP contribution is -2.19. The summed E-state index contributed by atoms with van der Waals surface area (Å²) in [6.07, 6.45) is 0. The highest BCUT2D eigenvalue weighted by molar-refractivity contribution is 8.00. The third-order valence-electron chi connectivity index (χ3n) is 1.96. The molecule has 1 aromatic carbocycles. The van der Waals surface area contributed by atoms with E-state index < -0.39 is 5.97 Å². The highest BCUT2D eigenvalue weighted by atomic mass is 35.5. The van der Waals surface area contributed by atoms with E-state index in [2.05, 4.69) is 5.32 Å². The summed E-state index contributed by atoms with van der Waals surface area (Å²) in [5.41, 5.74) is 0.399. The van der Waals surface area contributed by atoms with Gasteiger partial charge < -0.3 is 10.4 Å². The van der Waals surface area contributed by atoms with Crippen LogP contribution in [0.1, 0.15) is 10.4 Å². The number of fused-ring (bicyclic) bond motifs is 1. The molecule has 0 spiro atoms. The van der Waals surface area contributed by atoms with Crippen LogP contribution < -0.4 is 5.32 Å². The Morgan fingerprint density at radius 3 is 2.93 bits per heavy atom. The highest BCUT2D eigenvalue weighted by Gasteiger charge is 2.21. The van der Waals surface area contributed by atoms with Crippen LogP contribution in [0.2, 0.25) is 5.02 Å². The van der Waals surface area contributed by atoms with Crippen molar-refractivity contribution in [3.63, 3.8) is 0 Å². The summed E-state index contributed by atoms with van der Waals surface area (Å²) in [6.45, 7) is 0. The number of rotatable bonds is 1. The van der Waals surface area contributed by atoms with Crippen LogP contribution >= 0.6 is 23.4 Å². The van der Waals surface area contributed by atoms with Gasteiger partial charge in [-0.05, 0) is 12.1 Å². The number of carboxylic acid groups (broad SMARTS) is 1. The minimum Gasteiger partial charge on any atom is -0.478 e. The second kappa shape index (κ2) is 3.75. The van der Waals surface area contributed by atoms with E-state index in [1.807, 2.05) is 0 Å². The minimum atomic E-state index is -1.10. The van der Waals surface area contributed by atoms with Gasteiger partial charge in [-0.2, -0.15) is 0 Å². The Morgan fingerprint density at radius 1 is 1.53 bits per heavy atom. The number of carbonyl (C=O) groups excluding carboxylic acids is 1. The molecule has 0 saturated carbocycles. The van der Waals surface area contributed by atoms with Gasteiger partial charge in [-0.1, -0.05) is 11.6 Å². The molecule has 6 heteroatoms. The summed E-state index contributed by atoms with van der Waals surface area (Å²) in [6, 6.07) is 3.09. The van der Waals surface area contributed by atoms with Gasteiger partial charge in [0.1, 0.15) is 0 Å². The Balaban J connectivity index is 2.56. The molecule has 1 amide bonds. The lowest BCUT2D eigenvalue weighted by Gasteiger charge is -2.18. The molecule has 0 aromatic heterocycles. The highest BCUT2D eigenvalue weighted by Crippen LogP contribution is 2.38. The Kier molecular flexibility index (Phi) is 2.58. The van der Waals surface area contributed by atoms with Gasteiger partial charge in [0, 0.05) is 4.90 Å². The van der Waals surface area contributed by atoms with Gasteiger partial charge in [0.15, 0.2) is 0 Å². The fraction of sp³-hybridized carbons (Fsp3) is 0.111. The van der Waals surface area contributed by atoms with E-state index >= 15 is 0 Å². The van der Waals surface area contributed by atoms with Crippen molar-refractivity contribution in [2.75, 3.05) is 11.1 Å².